The molecule has 1 amide bonds. The molecule has 2 aromatic carbocycles. The quantitative estimate of drug-likeness (QED) is 0.867. The predicted molar refractivity (Wildman–Crippen MR) is 100.0 cm³/mol. The summed E-state index contributed by atoms with van der Waals surface area (Å²) in [6, 6.07) is 17.2. The topological polar surface area (TPSA) is 58.4 Å². The second-order valence-electron chi connectivity index (χ2n) is 7.53. The van der Waals surface area contributed by atoms with Crippen LogP contribution in [0, 0.1) is 5.82 Å². The Morgan fingerprint density at radius 3 is 2.27 bits per heavy atom. The first-order chi connectivity index (χ1) is 12.6. The van der Waals surface area contributed by atoms with Crippen molar-refractivity contribution < 1.29 is 9.18 Å². The molecule has 2 aliphatic rings. The highest BCUT2D eigenvalue weighted by atomic mass is 19.1. The summed E-state index contributed by atoms with van der Waals surface area (Å²) < 4.78 is 13.2. The van der Waals surface area contributed by atoms with E-state index in [4.69, 9.17) is 5.73 Å². The number of hydrogen-bond donors (Lipinski definition) is 2. The number of nitrogens with two attached hydrogens (primary N) is 1. The van der Waals surface area contributed by atoms with E-state index in [-0.39, 0.29) is 11.7 Å². The number of anilines is 1. The Balaban J connectivity index is 1.54. The molecule has 0 saturated carbocycles. The van der Waals surface area contributed by atoms with Gasteiger partial charge in [0.1, 0.15) is 11.4 Å². The van der Waals surface area contributed by atoms with Gasteiger partial charge in [-0.25, -0.2) is 4.39 Å². The lowest BCUT2D eigenvalue weighted by molar-refractivity contribution is -0.125. The summed E-state index contributed by atoms with van der Waals surface area (Å²) in [6.07, 6.45) is 3.53. The second-order valence-corrected chi connectivity index (χ2v) is 7.53. The molecule has 26 heavy (non-hydrogen) atoms. The van der Waals surface area contributed by atoms with Crippen LogP contribution in [0.25, 0.3) is 0 Å². The zero-order valence-electron chi connectivity index (χ0n) is 14.7. The molecular formula is C21H24FN3O. The number of amides is 1. The summed E-state index contributed by atoms with van der Waals surface area (Å²) in [5.74, 6) is -0.612. The maximum atomic E-state index is 13.2. The third-order valence-electron chi connectivity index (χ3n) is 5.85. The molecule has 2 bridgehead atoms. The number of nitrogens with zero attached hydrogens (tertiary/aromatic N) is 1. The van der Waals surface area contributed by atoms with Crippen LogP contribution >= 0.6 is 0 Å². The number of nitrogens with one attached hydrogen (secondary N) is 1. The molecule has 2 aromatic rings. The van der Waals surface area contributed by atoms with Crippen molar-refractivity contribution in [1.29, 1.82) is 0 Å². The maximum Gasteiger partial charge on any atom is 0.243 e. The van der Waals surface area contributed by atoms with Crippen LogP contribution in [0.5, 0.6) is 0 Å². The van der Waals surface area contributed by atoms with Gasteiger partial charge in [0.25, 0.3) is 0 Å². The van der Waals surface area contributed by atoms with Crippen molar-refractivity contribution in [2.75, 3.05) is 5.32 Å². The Morgan fingerprint density at radius 1 is 1.08 bits per heavy atom. The van der Waals surface area contributed by atoms with Crippen molar-refractivity contribution in [3.05, 3.63) is 66.0 Å². The maximum absolute atomic E-state index is 13.2. The van der Waals surface area contributed by atoms with Gasteiger partial charge in [-0.05, 0) is 55.5 Å². The van der Waals surface area contributed by atoms with Crippen LogP contribution in [-0.2, 0) is 11.3 Å². The van der Waals surface area contributed by atoms with E-state index in [0.717, 1.165) is 25.1 Å². The Bertz CT molecular complexity index is 764. The number of piperidine rings is 1. The zero-order valence-corrected chi connectivity index (χ0v) is 14.7. The molecule has 2 unspecified atom stereocenters. The molecule has 2 atom stereocenters. The number of halogens is 1. The minimum Gasteiger partial charge on any atom is -0.371 e. The van der Waals surface area contributed by atoms with Crippen molar-refractivity contribution in [3.8, 4) is 0 Å². The monoisotopic (exact) mass is 353 g/mol. The highest BCUT2D eigenvalue weighted by molar-refractivity contribution is 5.88. The molecule has 5 heteroatoms. The summed E-state index contributed by atoms with van der Waals surface area (Å²) in [5, 5.41) is 3.34. The van der Waals surface area contributed by atoms with Crippen LogP contribution < -0.4 is 11.1 Å². The van der Waals surface area contributed by atoms with Gasteiger partial charge in [-0.15, -0.1) is 0 Å². The summed E-state index contributed by atoms with van der Waals surface area (Å²) in [4.78, 5) is 14.9. The van der Waals surface area contributed by atoms with Gasteiger partial charge in [-0.1, -0.05) is 30.3 Å². The van der Waals surface area contributed by atoms with E-state index in [2.05, 4.69) is 34.5 Å². The lowest BCUT2D eigenvalue weighted by atomic mass is 9.81. The summed E-state index contributed by atoms with van der Waals surface area (Å²) in [6.45, 7) is 0.904. The number of primary amides is 1. The van der Waals surface area contributed by atoms with Crippen molar-refractivity contribution in [2.24, 2.45) is 5.73 Å². The fourth-order valence-corrected chi connectivity index (χ4v) is 4.57. The summed E-state index contributed by atoms with van der Waals surface area (Å²) in [7, 11) is 0. The van der Waals surface area contributed by atoms with Crippen molar-refractivity contribution in [3.63, 3.8) is 0 Å². The first-order valence-electron chi connectivity index (χ1n) is 9.19. The Hall–Kier alpha value is -2.40. The van der Waals surface area contributed by atoms with E-state index in [1.165, 1.54) is 17.7 Å². The molecule has 4 nitrogen and oxygen atoms in total. The summed E-state index contributed by atoms with van der Waals surface area (Å²) >= 11 is 0. The van der Waals surface area contributed by atoms with E-state index in [0.29, 0.717) is 24.9 Å². The number of fused-ring (bicyclic) bond motifs is 2. The molecule has 0 spiro atoms. The third kappa shape index (κ3) is 3.19. The Labute approximate surface area is 153 Å². The first-order valence-corrected chi connectivity index (χ1v) is 9.19. The largest absolute Gasteiger partial charge is 0.371 e. The zero-order chi connectivity index (χ0) is 18.1. The summed E-state index contributed by atoms with van der Waals surface area (Å²) in [5.41, 5.74) is 7.10. The molecule has 2 aliphatic heterocycles. The van der Waals surface area contributed by atoms with Crippen LogP contribution in [-0.4, -0.2) is 28.4 Å². The SMILES string of the molecule is NC(=O)C1(Nc2ccc(F)cc2)CC2CCC(C1)N2Cc1ccccc1. The molecule has 3 N–H and O–H groups in total. The number of carbonyl (C=O) groups excluding carboxylic acids is 1. The van der Waals surface area contributed by atoms with E-state index in [1.54, 1.807) is 12.1 Å². The lowest BCUT2D eigenvalue weighted by Gasteiger charge is -2.45. The molecule has 2 saturated heterocycles. The van der Waals surface area contributed by atoms with Crippen LogP contribution in [0.2, 0.25) is 0 Å². The molecule has 0 aromatic heterocycles. The normalized spacial score (nSPS) is 28.0. The van der Waals surface area contributed by atoms with Gasteiger partial charge in [0, 0.05) is 24.3 Å². The van der Waals surface area contributed by atoms with Crippen molar-refractivity contribution in [1.82, 2.24) is 4.90 Å². The van der Waals surface area contributed by atoms with E-state index in [9.17, 15) is 9.18 Å². The van der Waals surface area contributed by atoms with Crippen molar-refractivity contribution in [2.45, 2.75) is 49.9 Å². The lowest BCUT2D eigenvalue weighted by Crippen LogP contribution is -2.60. The van der Waals surface area contributed by atoms with Gasteiger partial charge in [-0.3, -0.25) is 9.69 Å². The van der Waals surface area contributed by atoms with Crippen LogP contribution in [0.1, 0.15) is 31.2 Å². The average Bonchev–Trinajstić information content (AvgIpc) is 2.88. The number of carbonyl (C=O) groups is 1. The van der Waals surface area contributed by atoms with Gasteiger partial charge >= 0.3 is 0 Å². The van der Waals surface area contributed by atoms with Crippen LogP contribution in [0.15, 0.2) is 54.6 Å². The van der Waals surface area contributed by atoms with Gasteiger partial charge in [0.05, 0.1) is 0 Å². The van der Waals surface area contributed by atoms with Crippen LogP contribution in [0.3, 0.4) is 0 Å². The molecule has 2 heterocycles. The van der Waals surface area contributed by atoms with Crippen molar-refractivity contribution >= 4 is 11.6 Å². The number of rotatable bonds is 5. The highest BCUT2D eigenvalue weighted by Gasteiger charge is 2.51. The third-order valence-corrected chi connectivity index (χ3v) is 5.85. The van der Waals surface area contributed by atoms with E-state index < -0.39 is 5.54 Å². The molecule has 0 radical (unpaired) electrons. The highest BCUT2D eigenvalue weighted by Crippen LogP contribution is 2.43. The van der Waals surface area contributed by atoms with Crippen LogP contribution in [0.4, 0.5) is 10.1 Å². The van der Waals surface area contributed by atoms with Gasteiger partial charge < -0.3 is 11.1 Å². The molecule has 2 fully saturated rings. The fourth-order valence-electron chi connectivity index (χ4n) is 4.57. The Morgan fingerprint density at radius 2 is 1.69 bits per heavy atom. The minimum absolute atomic E-state index is 0.290. The van der Waals surface area contributed by atoms with Gasteiger partial charge in [0.2, 0.25) is 5.91 Å². The molecule has 4 rings (SSSR count). The first kappa shape index (κ1) is 17.0. The smallest absolute Gasteiger partial charge is 0.243 e. The molecule has 0 aliphatic carbocycles. The molecular weight excluding hydrogens is 329 g/mol. The van der Waals surface area contributed by atoms with E-state index >= 15 is 0 Å². The van der Waals surface area contributed by atoms with Gasteiger partial charge in [0.15, 0.2) is 0 Å². The van der Waals surface area contributed by atoms with E-state index in [1.807, 2.05) is 6.07 Å². The number of hydrogen-bond acceptors (Lipinski definition) is 3. The predicted octanol–water partition coefficient (Wildman–Crippen LogP) is 3.29. The fraction of sp³-hybridized carbons (Fsp3) is 0.381. The number of benzene rings is 2. The molecule has 136 valence electrons. The standard InChI is InChI=1S/C21H24FN3O/c22-16-6-8-17(9-7-16)24-21(20(23)26)12-18-10-11-19(13-21)25(18)14-15-4-2-1-3-5-15/h1-9,18-19,24H,10-14H2,(H2,23,26). The second kappa shape index (κ2) is 6.72. The average molecular weight is 353 g/mol. The van der Waals surface area contributed by atoms with Gasteiger partial charge in [-0.2, -0.15) is 0 Å². The Kier molecular flexibility index (Phi) is 4.41. The minimum atomic E-state index is -0.767.